The fraction of sp³-hybridized carbons (Fsp3) is 0. The number of hydrogen-bond donors (Lipinski definition) is 1. The van der Waals surface area contributed by atoms with Crippen molar-refractivity contribution in [3.05, 3.63) is 54.1 Å². The van der Waals surface area contributed by atoms with E-state index in [4.69, 9.17) is 5.26 Å². The number of benzene rings is 2. The maximum Gasteiger partial charge on any atom is 0.101 e. The third-order valence-electron chi connectivity index (χ3n) is 2.77. The second kappa shape index (κ2) is 3.76. The van der Waals surface area contributed by atoms with Gasteiger partial charge in [0.15, 0.2) is 0 Å². The molecule has 80 valence electrons. The summed E-state index contributed by atoms with van der Waals surface area (Å²) < 4.78 is 0. The monoisotopic (exact) mass is 219 g/mol. The molecule has 17 heavy (non-hydrogen) atoms. The van der Waals surface area contributed by atoms with E-state index in [0.29, 0.717) is 5.56 Å². The standard InChI is InChI=1S/C14H9N3/c15-9-10-5-1-2-6-11(10)14-12-7-3-4-8-13(12)16-17-14/h1-8H,(H,16,17). The number of nitrogens with zero attached hydrogens (tertiary/aromatic N) is 2. The summed E-state index contributed by atoms with van der Waals surface area (Å²) in [6.07, 6.45) is 0. The van der Waals surface area contributed by atoms with Gasteiger partial charge in [0, 0.05) is 10.9 Å². The molecule has 3 rings (SSSR count). The van der Waals surface area contributed by atoms with Gasteiger partial charge >= 0.3 is 0 Å². The zero-order chi connectivity index (χ0) is 11.7. The second-order valence-electron chi connectivity index (χ2n) is 3.78. The highest BCUT2D eigenvalue weighted by molar-refractivity contribution is 5.94. The van der Waals surface area contributed by atoms with Crippen LogP contribution in [0.2, 0.25) is 0 Å². The molecule has 3 heteroatoms. The van der Waals surface area contributed by atoms with Crippen molar-refractivity contribution in [2.75, 3.05) is 0 Å². The topological polar surface area (TPSA) is 52.5 Å². The first-order valence-corrected chi connectivity index (χ1v) is 5.33. The third-order valence-corrected chi connectivity index (χ3v) is 2.77. The summed E-state index contributed by atoms with van der Waals surface area (Å²) in [6, 6.07) is 17.6. The largest absolute Gasteiger partial charge is 0.277 e. The number of fused-ring (bicyclic) bond motifs is 1. The highest BCUT2D eigenvalue weighted by atomic mass is 15.1. The van der Waals surface area contributed by atoms with Gasteiger partial charge in [-0.2, -0.15) is 10.4 Å². The van der Waals surface area contributed by atoms with Crippen LogP contribution in [-0.2, 0) is 0 Å². The van der Waals surface area contributed by atoms with Crippen LogP contribution < -0.4 is 0 Å². The summed E-state index contributed by atoms with van der Waals surface area (Å²) >= 11 is 0. The molecule has 0 atom stereocenters. The van der Waals surface area contributed by atoms with E-state index < -0.39 is 0 Å². The molecule has 0 saturated carbocycles. The number of nitrogens with one attached hydrogen (secondary N) is 1. The van der Waals surface area contributed by atoms with Gasteiger partial charge < -0.3 is 0 Å². The summed E-state index contributed by atoms with van der Waals surface area (Å²) in [4.78, 5) is 0. The average molecular weight is 219 g/mol. The molecule has 0 saturated heterocycles. The smallest absolute Gasteiger partial charge is 0.101 e. The SMILES string of the molecule is N#Cc1ccccc1-c1n[nH]c2ccccc12. The molecule has 1 heterocycles. The summed E-state index contributed by atoms with van der Waals surface area (Å²) in [5, 5.41) is 17.4. The number of rotatable bonds is 1. The molecule has 0 spiro atoms. The minimum absolute atomic E-state index is 0.643. The molecule has 0 amide bonds. The van der Waals surface area contributed by atoms with Crippen molar-refractivity contribution < 1.29 is 0 Å². The molecule has 0 aliphatic rings. The van der Waals surface area contributed by atoms with Crippen molar-refractivity contribution in [3.8, 4) is 17.3 Å². The molecule has 0 aliphatic carbocycles. The van der Waals surface area contributed by atoms with Crippen LogP contribution in [0.25, 0.3) is 22.2 Å². The van der Waals surface area contributed by atoms with Gasteiger partial charge in [0.2, 0.25) is 0 Å². The lowest BCUT2D eigenvalue weighted by Gasteiger charge is -1.99. The first-order chi connectivity index (χ1) is 8.40. The van der Waals surface area contributed by atoms with Crippen LogP contribution in [0.5, 0.6) is 0 Å². The van der Waals surface area contributed by atoms with Crippen LogP contribution in [0.4, 0.5) is 0 Å². The van der Waals surface area contributed by atoms with Crippen molar-refractivity contribution in [3.63, 3.8) is 0 Å². The first-order valence-electron chi connectivity index (χ1n) is 5.33. The van der Waals surface area contributed by atoms with E-state index in [-0.39, 0.29) is 0 Å². The molecular weight excluding hydrogens is 210 g/mol. The molecule has 1 N–H and O–H groups in total. The van der Waals surface area contributed by atoms with Gasteiger partial charge in [-0.1, -0.05) is 36.4 Å². The fourth-order valence-corrected chi connectivity index (χ4v) is 1.96. The van der Waals surface area contributed by atoms with E-state index in [2.05, 4.69) is 16.3 Å². The van der Waals surface area contributed by atoms with Gasteiger partial charge in [-0.25, -0.2) is 0 Å². The van der Waals surface area contributed by atoms with E-state index in [1.54, 1.807) is 6.07 Å². The van der Waals surface area contributed by atoms with E-state index >= 15 is 0 Å². The number of para-hydroxylation sites is 1. The molecule has 1 aromatic heterocycles. The Labute approximate surface area is 98.3 Å². The van der Waals surface area contributed by atoms with Crippen molar-refractivity contribution in [1.29, 1.82) is 5.26 Å². The Bertz CT molecular complexity index is 719. The van der Waals surface area contributed by atoms with E-state index in [1.807, 2.05) is 42.5 Å². The molecule has 2 aromatic carbocycles. The predicted octanol–water partition coefficient (Wildman–Crippen LogP) is 3.10. The Morgan fingerprint density at radius 1 is 1.00 bits per heavy atom. The Morgan fingerprint density at radius 3 is 2.65 bits per heavy atom. The number of aromatic amines is 1. The first kappa shape index (κ1) is 9.61. The number of hydrogen-bond acceptors (Lipinski definition) is 2. The summed E-state index contributed by atoms with van der Waals surface area (Å²) in [5.41, 5.74) is 3.32. The highest BCUT2D eigenvalue weighted by Crippen LogP contribution is 2.28. The summed E-state index contributed by atoms with van der Waals surface area (Å²) in [6.45, 7) is 0. The second-order valence-corrected chi connectivity index (χ2v) is 3.78. The molecule has 0 aliphatic heterocycles. The van der Waals surface area contributed by atoms with E-state index in [1.165, 1.54) is 0 Å². The molecule has 0 bridgehead atoms. The van der Waals surface area contributed by atoms with Crippen LogP contribution in [0.3, 0.4) is 0 Å². The maximum atomic E-state index is 9.10. The lowest BCUT2D eigenvalue weighted by atomic mass is 10.0. The van der Waals surface area contributed by atoms with Crippen LogP contribution in [0.1, 0.15) is 5.56 Å². The Kier molecular flexibility index (Phi) is 2.13. The molecular formula is C14H9N3. The lowest BCUT2D eigenvalue weighted by molar-refractivity contribution is 1.12. The summed E-state index contributed by atoms with van der Waals surface area (Å²) in [7, 11) is 0. The van der Waals surface area contributed by atoms with Crippen LogP contribution >= 0.6 is 0 Å². The van der Waals surface area contributed by atoms with E-state index in [0.717, 1.165) is 22.2 Å². The average Bonchev–Trinajstić information content (AvgIpc) is 2.82. The zero-order valence-electron chi connectivity index (χ0n) is 9.01. The Hall–Kier alpha value is -2.60. The number of aromatic nitrogens is 2. The molecule has 0 unspecified atom stereocenters. The van der Waals surface area contributed by atoms with Gasteiger partial charge in [0.05, 0.1) is 17.1 Å². The zero-order valence-corrected chi connectivity index (χ0v) is 9.01. The van der Waals surface area contributed by atoms with Gasteiger partial charge in [-0.3, -0.25) is 5.10 Å². The van der Waals surface area contributed by atoms with E-state index in [9.17, 15) is 0 Å². The molecule has 0 radical (unpaired) electrons. The molecule has 0 fully saturated rings. The quantitative estimate of drug-likeness (QED) is 0.683. The Morgan fingerprint density at radius 2 is 1.76 bits per heavy atom. The number of nitriles is 1. The van der Waals surface area contributed by atoms with Crippen LogP contribution in [0.15, 0.2) is 48.5 Å². The lowest BCUT2D eigenvalue weighted by Crippen LogP contribution is -1.84. The maximum absolute atomic E-state index is 9.10. The van der Waals surface area contributed by atoms with Crippen LogP contribution in [-0.4, -0.2) is 10.2 Å². The fourth-order valence-electron chi connectivity index (χ4n) is 1.96. The number of H-pyrrole nitrogens is 1. The van der Waals surface area contributed by atoms with Crippen molar-refractivity contribution >= 4 is 10.9 Å². The Balaban J connectivity index is 2.32. The minimum atomic E-state index is 0.643. The van der Waals surface area contributed by atoms with Gasteiger partial charge in [0.1, 0.15) is 5.69 Å². The highest BCUT2D eigenvalue weighted by Gasteiger charge is 2.10. The van der Waals surface area contributed by atoms with Gasteiger partial charge in [0.25, 0.3) is 0 Å². The van der Waals surface area contributed by atoms with Crippen molar-refractivity contribution in [2.45, 2.75) is 0 Å². The van der Waals surface area contributed by atoms with Gasteiger partial charge in [-0.15, -0.1) is 0 Å². The van der Waals surface area contributed by atoms with Gasteiger partial charge in [-0.05, 0) is 12.1 Å². The summed E-state index contributed by atoms with van der Waals surface area (Å²) in [5.74, 6) is 0. The normalized spacial score (nSPS) is 10.3. The van der Waals surface area contributed by atoms with Crippen molar-refractivity contribution in [1.82, 2.24) is 10.2 Å². The minimum Gasteiger partial charge on any atom is -0.277 e. The predicted molar refractivity (Wildman–Crippen MR) is 66.2 cm³/mol. The molecule has 3 nitrogen and oxygen atoms in total. The molecule has 3 aromatic rings. The van der Waals surface area contributed by atoms with Crippen LogP contribution in [0, 0.1) is 11.3 Å². The third kappa shape index (κ3) is 1.47. The van der Waals surface area contributed by atoms with Crippen molar-refractivity contribution in [2.24, 2.45) is 0 Å².